The van der Waals surface area contributed by atoms with Crippen molar-refractivity contribution in [1.82, 2.24) is 0 Å². The minimum absolute atomic E-state index is 0.0526. The van der Waals surface area contributed by atoms with E-state index in [0.717, 1.165) is 11.3 Å². The number of ether oxygens (including phenoxy) is 3. The van der Waals surface area contributed by atoms with E-state index in [1.807, 2.05) is 0 Å². The highest BCUT2D eigenvalue weighted by molar-refractivity contribution is 7.21. The van der Waals surface area contributed by atoms with E-state index >= 15 is 0 Å². The minimum Gasteiger partial charge on any atom is -0.395 e. The fourth-order valence-electron chi connectivity index (χ4n) is 2.85. The number of carbonyl (C=O) groups is 1. The van der Waals surface area contributed by atoms with Gasteiger partial charge in [-0.1, -0.05) is 6.07 Å². The Labute approximate surface area is 155 Å². The number of halogens is 3. The Bertz CT molecular complexity index is 1050. The number of methoxy groups -OCH3 is 1. The van der Waals surface area contributed by atoms with Crippen molar-refractivity contribution >= 4 is 33.0 Å². The second kappa shape index (κ2) is 6.43. The second-order valence-electron chi connectivity index (χ2n) is 5.74. The first-order chi connectivity index (χ1) is 12.9. The molecule has 1 N–H and O–H groups in total. The first kappa shape index (κ1) is 17.6. The van der Waals surface area contributed by atoms with Crippen molar-refractivity contribution in [2.45, 2.75) is 12.9 Å². The van der Waals surface area contributed by atoms with Crippen molar-refractivity contribution < 1.29 is 32.2 Å². The van der Waals surface area contributed by atoms with Gasteiger partial charge in [-0.15, -0.1) is 20.1 Å². The summed E-state index contributed by atoms with van der Waals surface area (Å²) in [5, 5.41) is 2.94. The van der Waals surface area contributed by atoms with E-state index in [4.69, 9.17) is 4.74 Å². The Morgan fingerprint density at radius 2 is 2.00 bits per heavy atom. The SMILES string of the molecule is COCc1c(C(=O)Nc2ccc3c(c2)OC(F)(F)O3)sc2cccc(F)c12. The summed E-state index contributed by atoms with van der Waals surface area (Å²) < 4.78 is 54.9. The summed E-state index contributed by atoms with van der Waals surface area (Å²) in [5.74, 6) is -1.26. The Hall–Kier alpha value is -2.78. The fourth-order valence-corrected chi connectivity index (χ4v) is 3.96. The topological polar surface area (TPSA) is 56.8 Å². The molecule has 2 aromatic carbocycles. The van der Waals surface area contributed by atoms with E-state index in [-0.39, 0.29) is 28.7 Å². The van der Waals surface area contributed by atoms with Crippen molar-refractivity contribution in [1.29, 1.82) is 0 Å². The Morgan fingerprint density at radius 3 is 2.78 bits per heavy atom. The molecule has 1 aliphatic rings. The van der Waals surface area contributed by atoms with Crippen LogP contribution in [0.15, 0.2) is 36.4 Å². The molecule has 3 aromatic rings. The number of rotatable bonds is 4. The lowest BCUT2D eigenvalue weighted by Gasteiger charge is -2.07. The maximum Gasteiger partial charge on any atom is 0.586 e. The minimum atomic E-state index is -3.74. The number of hydrogen-bond donors (Lipinski definition) is 1. The lowest BCUT2D eigenvalue weighted by molar-refractivity contribution is -0.286. The smallest absolute Gasteiger partial charge is 0.395 e. The van der Waals surface area contributed by atoms with Gasteiger partial charge in [0.2, 0.25) is 0 Å². The van der Waals surface area contributed by atoms with Crippen LogP contribution in [-0.2, 0) is 11.3 Å². The monoisotopic (exact) mass is 395 g/mol. The van der Waals surface area contributed by atoms with Gasteiger partial charge < -0.3 is 19.5 Å². The molecule has 0 atom stereocenters. The van der Waals surface area contributed by atoms with Crippen LogP contribution >= 0.6 is 11.3 Å². The lowest BCUT2D eigenvalue weighted by Crippen LogP contribution is -2.25. The average molecular weight is 395 g/mol. The molecule has 1 aliphatic heterocycles. The molecule has 4 rings (SSSR count). The van der Waals surface area contributed by atoms with Crippen LogP contribution in [0.3, 0.4) is 0 Å². The van der Waals surface area contributed by atoms with E-state index < -0.39 is 18.0 Å². The highest BCUT2D eigenvalue weighted by Crippen LogP contribution is 2.42. The zero-order chi connectivity index (χ0) is 19.2. The normalized spacial score (nSPS) is 14.5. The van der Waals surface area contributed by atoms with Crippen LogP contribution < -0.4 is 14.8 Å². The molecule has 0 bridgehead atoms. The fraction of sp³-hybridized carbons (Fsp3) is 0.167. The van der Waals surface area contributed by atoms with Gasteiger partial charge in [0, 0.05) is 34.5 Å². The molecule has 0 saturated heterocycles. The summed E-state index contributed by atoms with van der Waals surface area (Å²) >= 11 is 1.12. The molecule has 0 spiro atoms. The predicted molar refractivity (Wildman–Crippen MR) is 93.1 cm³/mol. The first-order valence-corrected chi connectivity index (χ1v) is 8.59. The molecule has 0 aliphatic carbocycles. The third-order valence-electron chi connectivity index (χ3n) is 3.92. The molecule has 0 unspecified atom stereocenters. The van der Waals surface area contributed by atoms with Crippen molar-refractivity contribution in [2.75, 3.05) is 12.4 Å². The standard InChI is InChI=1S/C18H12F3NO4S/c1-24-8-10-15-11(19)3-2-4-14(15)27-16(10)17(23)22-9-5-6-12-13(7-9)26-18(20,21)25-12/h2-7H,8H2,1H3,(H,22,23). The van der Waals surface area contributed by atoms with Gasteiger partial charge in [-0.3, -0.25) is 4.79 Å². The van der Waals surface area contributed by atoms with E-state index in [0.29, 0.717) is 15.6 Å². The number of anilines is 1. The van der Waals surface area contributed by atoms with Gasteiger partial charge in [-0.05, 0) is 24.3 Å². The van der Waals surface area contributed by atoms with E-state index in [9.17, 15) is 18.0 Å². The van der Waals surface area contributed by atoms with Crippen molar-refractivity contribution in [3.63, 3.8) is 0 Å². The summed E-state index contributed by atoms with van der Waals surface area (Å²) in [7, 11) is 1.45. The Morgan fingerprint density at radius 1 is 1.22 bits per heavy atom. The van der Waals surface area contributed by atoms with Crippen molar-refractivity contribution in [2.24, 2.45) is 0 Å². The Kier molecular flexibility index (Phi) is 4.20. The highest BCUT2D eigenvalue weighted by Gasteiger charge is 2.43. The molecule has 0 saturated carbocycles. The first-order valence-electron chi connectivity index (χ1n) is 7.78. The van der Waals surface area contributed by atoms with Gasteiger partial charge in [0.15, 0.2) is 11.5 Å². The van der Waals surface area contributed by atoms with Crippen LogP contribution in [0.5, 0.6) is 11.5 Å². The molecule has 0 radical (unpaired) electrons. The summed E-state index contributed by atoms with van der Waals surface area (Å²) in [6.45, 7) is 0.0526. The zero-order valence-electron chi connectivity index (χ0n) is 13.8. The predicted octanol–water partition coefficient (Wildman–Crippen LogP) is 4.76. The maximum absolute atomic E-state index is 14.2. The maximum atomic E-state index is 14.2. The number of alkyl halides is 2. The summed E-state index contributed by atoms with van der Waals surface area (Å²) in [5.41, 5.74) is 0.668. The molecular weight excluding hydrogens is 383 g/mol. The number of thiophene rings is 1. The summed E-state index contributed by atoms with van der Waals surface area (Å²) in [6.07, 6.45) is -3.74. The molecule has 9 heteroatoms. The lowest BCUT2D eigenvalue weighted by atomic mass is 10.1. The van der Waals surface area contributed by atoms with Gasteiger partial charge in [0.05, 0.1) is 11.5 Å². The van der Waals surface area contributed by atoms with Crippen molar-refractivity contribution in [3.8, 4) is 11.5 Å². The zero-order valence-corrected chi connectivity index (χ0v) is 14.7. The summed E-state index contributed by atoms with van der Waals surface area (Å²) in [4.78, 5) is 13.0. The quantitative estimate of drug-likeness (QED) is 0.692. The Balaban J connectivity index is 1.66. The molecule has 5 nitrogen and oxygen atoms in total. The van der Waals surface area contributed by atoms with Gasteiger partial charge in [-0.25, -0.2) is 4.39 Å². The van der Waals surface area contributed by atoms with E-state index in [2.05, 4.69) is 14.8 Å². The van der Waals surface area contributed by atoms with Crippen LogP contribution in [0.1, 0.15) is 15.2 Å². The second-order valence-corrected chi connectivity index (χ2v) is 6.79. The van der Waals surface area contributed by atoms with Crippen LogP contribution in [0.25, 0.3) is 10.1 Å². The molecule has 140 valence electrons. The molecule has 1 amide bonds. The number of benzene rings is 2. The van der Waals surface area contributed by atoms with Crippen LogP contribution in [0, 0.1) is 5.82 Å². The average Bonchev–Trinajstić information content (AvgIpc) is 3.12. The molecule has 2 heterocycles. The number of amides is 1. The van der Waals surface area contributed by atoms with Crippen LogP contribution in [-0.4, -0.2) is 19.3 Å². The molecule has 27 heavy (non-hydrogen) atoms. The van der Waals surface area contributed by atoms with Crippen LogP contribution in [0.4, 0.5) is 18.9 Å². The third-order valence-corrected chi connectivity index (χ3v) is 5.11. The van der Waals surface area contributed by atoms with Crippen molar-refractivity contribution in [3.05, 3.63) is 52.7 Å². The number of hydrogen-bond acceptors (Lipinski definition) is 5. The highest BCUT2D eigenvalue weighted by atomic mass is 32.1. The van der Waals surface area contributed by atoms with Gasteiger partial charge in [0.1, 0.15) is 5.82 Å². The summed E-state index contributed by atoms with van der Waals surface area (Å²) in [6, 6.07) is 8.50. The molecule has 0 fully saturated rings. The van der Waals surface area contributed by atoms with Gasteiger partial charge in [0.25, 0.3) is 5.91 Å². The number of nitrogens with one attached hydrogen (secondary N) is 1. The largest absolute Gasteiger partial charge is 0.586 e. The molecule has 1 aromatic heterocycles. The van der Waals surface area contributed by atoms with Gasteiger partial charge >= 0.3 is 6.29 Å². The van der Waals surface area contributed by atoms with Crippen LogP contribution in [0.2, 0.25) is 0 Å². The number of carbonyl (C=O) groups excluding carboxylic acids is 1. The van der Waals surface area contributed by atoms with Gasteiger partial charge in [-0.2, -0.15) is 0 Å². The van der Waals surface area contributed by atoms with E-state index in [1.165, 1.54) is 31.4 Å². The number of fused-ring (bicyclic) bond motifs is 2. The van der Waals surface area contributed by atoms with E-state index in [1.54, 1.807) is 12.1 Å². The third kappa shape index (κ3) is 3.19. The molecular formula is C18H12F3NO4S.